The van der Waals surface area contributed by atoms with Gasteiger partial charge in [-0.2, -0.15) is 0 Å². The molecule has 3 heteroatoms. The van der Waals surface area contributed by atoms with Crippen LogP contribution in [0.15, 0.2) is 42.5 Å². The molecule has 0 saturated carbocycles. The van der Waals surface area contributed by atoms with E-state index in [-0.39, 0.29) is 11.2 Å². The zero-order valence-corrected chi connectivity index (χ0v) is 13.3. The molecular weight excluding hydrogens is 264 g/mol. The van der Waals surface area contributed by atoms with Gasteiger partial charge >= 0.3 is 0 Å². The molecule has 21 heavy (non-hydrogen) atoms. The molecule has 114 valence electrons. The summed E-state index contributed by atoms with van der Waals surface area (Å²) < 4.78 is 4.86. The van der Waals surface area contributed by atoms with Crippen LogP contribution >= 0.6 is 0 Å². The zero-order valence-electron chi connectivity index (χ0n) is 13.3. The molecule has 0 aliphatic heterocycles. The maximum Gasteiger partial charge on any atom is 0.119 e. The Balaban J connectivity index is 0.000000219. The van der Waals surface area contributed by atoms with E-state index in [1.807, 2.05) is 19.1 Å². The van der Waals surface area contributed by atoms with Gasteiger partial charge in [-0.1, -0.05) is 32.9 Å². The van der Waals surface area contributed by atoms with Crippen molar-refractivity contribution in [1.29, 1.82) is 0 Å². The van der Waals surface area contributed by atoms with Gasteiger partial charge in [0.1, 0.15) is 17.2 Å². The van der Waals surface area contributed by atoms with Crippen molar-refractivity contribution >= 4 is 0 Å². The normalized spacial score (nSPS) is 10.5. The summed E-state index contributed by atoms with van der Waals surface area (Å²) >= 11 is 0. The number of rotatable bonds is 1. The summed E-state index contributed by atoms with van der Waals surface area (Å²) in [5.41, 5.74) is 2.13. The second-order valence-corrected chi connectivity index (χ2v) is 5.97. The summed E-state index contributed by atoms with van der Waals surface area (Å²) in [6.45, 7) is 8.26. The van der Waals surface area contributed by atoms with Gasteiger partial charge in [-0.3, -0.25) is 0 Å². The lowest BCUT2D eigenvalue weighted by atomic mass is 9.86. The smallest absolute Gasteiger partial charge is 0.119 e. The Kier molecular flexibility index (Phi) is 5.65. The third-order valence-corrected chi connectivity index (χ3v) is 3.03. The van der Waals surface area contributed by atoms with Crippen molar-refractivity contribution < 1.29 is 14.9 Å². The van der Waals surface area contributed by atoms with Crippen LogP contribution in [0.5, 0.6) is 17.2 Å². The lowest BCUT2D eigenvalue weighted by molar-refractivity contribution is 0.412. The van der Waals surface area contributed by atoms with Gasteiger partial charge < -0.3 is 14.9 Å². The first-order chi connectivity index (χ1) is 9.74. The summed E-state index contributed by atoms with van der Waals surface area (Å²) in [6.07, 6.45) is 0. The minimum atomic E-state index is 0.0256. The number of ether oxygens (including phenoxy) is 1. The number of phenols is 2. The molecule has 0 radical (unpaired) electrons. The van der Waals surface area contributed by atoms with Gasteiger partial charge in [0.2, 0.25) is 0 Å². The molecule has 0 aliphatic rings. The third kappa shape index (κ3) is 5.38. The molecule has 2 aromatic carbocycles. The molecule has 2 N–H and O–H groups in total. The fourth-order valence-corrected chi connectivity index (χ4v) is 1.86. The van der Waals surface area contributed by atoms with Crippen LogP contribution in [0.25, 0.3) is 0 Å². The lowest BCUT2D eigenvalue weighted by Crippen LogP contribution is -2.11. The van der Waals surface area contributed by atoms with E-state index in [9.17, 15) is 5.11 Å². The highest BCUT2D eigenvalue weighted by Crippen LogP contribution is 2.30. The van der Waals surface area contributed by atoms with Gasteiger partial charge in [-0.15, -0.1) is 0 Å². The lowest BCUT2D eigenvalue weighted by Gasteiger charge is -2.20. The van der Waals surface area contributed by atoms with Gasteiger partial charge in [-0.25, -0.2) is 0 Å². The molecule has 0 unspecified atom stereocenters. The van der Waals surface area contributed by atoms with Crippen LogP contribution in [0.4, 0.5) is 0 Å². The molecule has 0 saturated heterocycles. The van der Waals surface area contributed by atoms with Crippen molar-refractivity contribution in [2.75, 3.05) is 7.11 Å². The first kappa shape index (κ1) is 16.9. The van der Waals surface area contributed by atoms with Gasteiger partial charge in [0.15, 0.2) is 0 Å². The minimum absolute atomic E-state index is 0.0256. The SMILES string of the molecule is COc1ccc(O)cc1.Cc1ccc(C(C)(C)C)c(O)c1. The Morgan fingerprint density at radius 2 is 1.48 bits per heavy atom. The fourth-order valence-electron chi connectivity index (χ4n) is 1.86. The number of benzene rings is 2. The maximum atomic E-state index is 9.63. The van der Waals surface area contributed by atoms with Crippen LogP contribution in [0, 0.1) is 6.92 Å². The standard InChI is InChI=1S/C11H16O.C7H8O2/c1-8-5-6-9(10(12)7-8)11(2,3)4;1-9-7-4-2-6(8)3-5-7/h5-7,12H,1-4H3;2-5,8H,1H3. The first-order valence-corrected chi connectivity index (χ1v) is 6.87. The van der Waals surface area contributed by atoms with E-state index in [0.717, 1.165) is 16.9 Å². The molecule has 0 aliphatic carbocycles. The van der Waals surface area contributed by atoms with Crippen molar-refractivity contribution in [2.45, 2.75) is 33.1 Å². The predicted molar refractivity (Wildman–Crippen MR) is 86.2 cm³/mol. The van der Waals surface area contributed by atoms with E-state index in [4.69, 9.17) is 9.84 Å². The largest absolute Gasteiger partial charge is 0.508 e. The van der Waals surface area contributed by atoms with Crippen LogP contribution < -0.4 is 4.74 Å². The van der Waals surface area contributed by atoms with Crippen LogP contribution in [-0.2, 0) is 5.41 Å². The Labute approximate surface area is 126 Å². The van der Waals surface area contributed by atoms with Crippen LogP contribution in [-0.4, -0.2) is 17.3 Å². The molecule has 2 aromatic rings. The number of hydrogen-bond donors (Lipinski definition) is 2. The van der Waals surface area contributed by atoms with E-state index in [1.54, 1.807) is 37.4 Å². The molecule has 0 bridgehead atoms. The van der Waals surface area contributed by atoms with Gasteiger partial charge in [0, 0.05) is 0 Å². The summed E-state index contributed by atoms with van der Waals surface area (Å²) in [6, 6.07) is 12.4. The minimum Gasteiger partial charge on any atom is -0.508 e. The molecule has 0 amide bonds. The predicted octanol–water partition coefficient (Wildman–Crippen LogP) is 4.40. The molecule has 3 nitrogen and oxygen atoms in total. The Bertz CT molecular complexity index is 566. The molecular formula is C18H24O3. The van der Waals surface area contributed by atoms with E-state index < -0.39 is 0 Å². The Morgan fingerprint density at radius 1 is 0.905 bits per heavy atom. The third-order valence-electron chi connectivity index (χ3n) is 3.03. The summed E-state index contributed by atoms with van der Waals surface area (Å²) in [5.74, 6) is 1.42. The van der Waals surface area contributed by atoms with E-state index >= 15 is 0 Å². The number of aromatic hydroxyl groups is 2. The van der Waals surface area contributed by atoms with Crippen LogP contribution in [0.1, 0.15) is 31.9 Å². The van der Waals surface area contributed by atoms with E-state index in [1.165, 1.54) is 0 Å². The molecule has 0 heterocycles. The highest BCUT2D eigenvalue weighted by molar-refractivity contribution is 5.40. The van der Waals surface area contributed by atoms with Crippen molar-refractivity contribution in [3.63, 3.8) is 0 Å². The van der Waals surface area contributed by atoms with Crippen molar-refractivity contribution in [2.24, 2.45) is 0 Å². The number of phenolic OH excluding ortho intramolecular Hbond substituents is 2. The van der Waals surface area contributed by atoms with E-state index in [0.29, 0.717) is 5.75 Å². The molecule has 2 rings (SSSR count). The van der Waals surface area contributed by atoms with Crippen LogP contribution in [0.2, 0.25) is 0 Å². The highest BCUT2D eigenvalue weighted by atomic mass is 16.5. The second kappa shape index (κ2) is 7.02. The number of methoxy groups -OCH3 is 1. The van der Waals surface area contributed by atoms with Crippen molar-refractivity contribution in [1.82, 2.24) is 0 Å². The fraction of sp³-hybridized carbons (Fsp3) is 0.333. The topological polar surface area (TPSA) is 49.7 Å². The zero-order chi connectivity index (χ0) is 16.0. The summed E-state index contributed by atoms with van der Waals surface area (Å²) in [7, 11) is 1.59. The highest BCUT2D eigenvalue weighted by Gasteiger charge is 2.17. The van der Waals surface area contributed by atoms with Gasteiger partial charge in [0.25, 0.3) is 0 Å². The Hall–Kier alpha value is -2.16. The van der Waals surface area contributed by atoms with Crippen molar-refractivity contribution in [3.8, 4) is 17.2 Å². The van der Waals surface area contributed by atoms with Gasteiger partial charge in [0.05, 0.1) is 7.11 Å². The Morgan fingerprint density at radius 3 is 1.90 bits per heavy atom. The van der Waals surface area contributed by atoms with Crippen LogP contribution in [0.3, 0.4) is 0 Å². The number of aryl methyl sites for hydroxylation is 1. The molecule has 0 fully saturated rings. The average molecular weight is 288 g/mol. The molecule has 0 aromatic heterocycles. The summed E-state index contributed by atoms with van der Waals surface area (Å²) in [4.78, 5) is 0. The van der Waals surface area contributed by atoms with Gasteiger partial charge in [-0.05, 0) is 53.8 Å². The number of hydrogen-bond acceptors (Lipinski definition) is 3. The molecule has 0 spiro atoms. The average Bonchev–Trinajstić information content (AvgIpc) is 2.38. The first-order valence-electron chi connectivity index (χ1n) is 6.87. The maximum absolute atomic E-state index is 9.63. The van der Waals surface area contributed by atoms with Crippen molar-refractivity contribution in [3.05, 3.63) is 53.6 Å². The second-order valence-electron chi connectivity index (χ2n) is 5.97. The molecule has 0 atom stereocenters. The van der Waals surface area contributed by atoms with E-state index in [2.05, 4.69) is 20.8 Å². The monoisotopic (exact) mass is 288 g/mol. The quantitative estimate of drug-likeness (QED) is 0.817. The summed E-state index contributed by atoms with van der Waals surface area (Å²) in [5, 5.41) is 18.4.